The van der Waals surface area contributed by atoms with Crippen molar-refractivity contribution in [2.45, 2.75) is 37.8 Å². The molecule has 3 nitrogen and oxygen atoms in total. The number of amides is 1. The Morgan fingerprint density at radius 2 is 1.77 bits per heavy atom. The zero-order valence-corrected chi connectivity index (χ0v) is 7.78. The average molecular weight is 180 g/mol. The average Bonchev–Trinajstić information content (AvgIpc) is 2.97. The van der Waals surface area contributed by atoms with Gasteiger partial charge in [-0.05, 0) is 37.5 Å². The minimum absolute atomic E-state index is 0.181. The fraction of sp³-hybridized carbons (Fsp3) is 0.900. The van der Waals surface area contributed by atoms with Crippen molar-refractivity contribution in [3.63, 3.8) is 0 Å². The fourth-order valence-electron chi connectivity index (χ4n) is 2.52. The van der Waals surface area contributed by atoms with E-state index < -0.39 is 0 Å². The molecule has 0 aromatic heterocycles. The minimum Gasteiger partial charge on any atom is -0.336 e. The van der Waals surface area contributed by atoms with Crippen LogP contribution in [0.4, 0.5) is 0 Å². The number of β-lactam (4-membered cyclic amide) rings is 1. The molecule has 3 fully saturated rings. The summed E-state index contributed by atoms with van der Waals surface area (Å²) in [6.45, 7) is 0.816. The molecule has 3 aliphatic rings. The number of nitrogens with zero attached hydrogens (tertiary/aromatic N) is 1. The van der Waals surface area contributed by atoms with E-state index in [-0.39, 0.29) is 11.9 Å². The molecule has 1 atom stereocenters. The van der Waals surface area contributed by atoms with Gasteiger partial charge in [-0.1, -0.05) is 0 Å². The summed E-state index contributed by atoms with van der Waals surface area (Å²) >= 11 is 0. The second-order valence-electron chi connectivity index (χ2n) is 4.76. The molecule has 1 saturated heterocycles. The van der Waals surface area contributed by atoms with Crippen LogP contribution in [0.1, 0.15) is 25.7 Å². The second-order valence-corrected chi connectivity index (χ2v) is 4.76. The van der Waals surface area contributed by atoms with Gasteiger partial charge in [0.1, 0.15) is 6.04 Å². The lowest BCUT2D eigenvalue weighted by molar-refractivity contribution is -0.147. The van der Waals surface area contributed by atoms with Gasteiger partial charge in [0, 0.05) is 12.6 Å². The number of hydrogen-bond donors (Lipinski definition) is 1. The maximum absolute atomic E-state index is 11.5. The Labute approximate surface area is 78.3 Å². The molecule has 2 saturated carbocycles. The highest BCUT2D eigenvalue weighted by Crippen LogP contribution is 2.48. The van der Waals surface area contributed by atoms with E-state index in [0.717, 1.165) is 18.4 Å². The summed E-state index contributed by atoms with van der Waals surface area (Å²) in [6, 6.07) is 0.396. The van der Waals surface area contributed by atoms with Crippen molar-refractivity contribution >= 4 is 5.91 Å². The van der Waals surface area contributed by atoms with Crippen LogP contribution in [0, 0.1) is 11.8 Å². The Morgan fingerprint density at radius 3 is 2.08 bits per heavy atom. The third-order valence-electron chi connectivity index (χ3n) is 3.56. The third kappa shape index (κ3) is 1.17. The number of likely N-dealkylation sites (tertiary alicyclic amines) is 1. The molecule has 1 amide bonds. The molecule has 2 aliphatic carbocycles. The van der Waals surface area contributed by atoms with Gasteiger partial charge in [0.15, 0.2) is 0 Å². The van der Waals surface area contributed by atoms with Gasteiger partial charge in [-0.15, -0.1) is 0 Å². The van der Waals surface area contributed by atoms with E-state index in [0.29, 0.717) is 6.04 Å². The summed E-state index contributed by atoms with van der Waals surface area (Å²) in [4.78, 5) is 13.5. The standard InChI is InChI=1S/C10H16N2O/c11-8-5-12(10(8)13)9(6-1-2-6)7-3-4-7/h6-9H,1-5,11H2. The molecule has 1 aliphatic heterocycles. The van der Waals surface area contributed by atoms with Gasteiger partial charge in [0.25, 0.3) is 0 Å². The number of carbonyl (C=O) groups excluding carboxylic acids is 1. The number of hydrogen-bond acceptors (Lipinski definition) is 2. The van der Waals surface area contributed by atoms with Crippen LogP contribution in [0.25, 0.3) is 0 Å². The summed E-state index contributed by atoms with van der Waals surface area (Å²) in [7, 11) is 0. The molecule has 2 N–H and O–H groups in total. The molecule has 1 unspecified atom stereocenters. The molecule has 0 aromatic carbocycles. The Morgan fingerprint density at radius 1 is 1.23 bits per heavy atom. The van der Waals surface area contributed by atoms with E-state index in [1.54, 1.807) is 0 Å². The Kier molecular flexibility index (Phi) is 1.48. The van der Waals surface area contributed by atoms with Crippen LogP contribution < -0.4 is 5.73 Å². The van der Waals surface area contributed by atoms with Gasteiger partial charge in [-0.2, -0.15) is 0 Å². The summed E-state index contributed by atoms with van der Waals surface area (Å²) < 4.78 is 0. The molecule has 0 radical (unpaired) electrons. The second kappa shape index (κ2) is 2.47. The third-order valence-corrected chi connectivity index (χ3v) is 3.56. The zero-order valence-electron chi connectivity index (χ0n) is 7.78. The van der Waals surface area contributed by atoms with Crippen molar-refractivity contribution in [2.75, 3.05) is 6.54 Å². The van der Waals surface area contributed by atoms with Gasteiger partial charge in [0.05, 0.1) is 0 Å². The van der Waals surface area contributed by atoms with E-state index >= 15 is 0 Å². The molecule has 0 bridgehead atoms. The first-order valence-corrected chi connectivity index (χ1v) is 5.33. The SMILES string of the molecule is NC1CN(C(C2CC2)C2CC2)C1=O. The predicted molar refractivity (Wildman–Crippen MR) is 48.9 cm³/mol. The largest absolute Gasteiger partial charge is 0.336 e. The van der Waals surface area contributed by atoms with Gasteiger partial charge in [-0.25, -0.2) is 0 Å². The van der Waals surface area contributed by atoms with E-state index in [1.165, 1.54) is 25.7 Å². The summed E-state index contributed by atoms with van der Waals surface area (Å²) in [5, 5.41) is 0. The van der Waals surface area contributed by atoms with Gasteiger partial charge < -0.3 is 10.6 Å². The Bertz CT molecular complexity index is 233. The van der Waals surface area contributed by atoms with Crippen LogP contribution in [0.15, 0.2) is 0 Å². The first kappa shape index (κ1) is 7.80. The summed E-state index contributed by atoms with van der Waals surface area (Å²) in [5.41, 5.74) is 5.60. The highest BCUT2D eigenvalue weighted by Gasteiger charge is 2.50. The molecule has 0 spiro atoms. The van der Waals surface area contributed by atoms with Crippen molar-refractivity contribution in [1.82, 2.24) is 4.90 Å². The normalized spacial score (nSPS) is 33.8. The summed E-state index contributed by atoms with van der Waals surface area (Å²) in [6.07, 6.45) is 5.33. The number of rotatable bonds is 3. The Hall–Kier alpha value is -0.570. The van der Waals surface area contributed by atoms with Crippen LogP contribution in [0.2, 0.25) is 0 Å². The smallest absolute Gasteiger partial charge is 0.241 e. The molecule has 3 heteroatoms. The molecule has 3 rings (SSSR count). The van der Waals surface area contributed by atoms with Crippen LogP contribution in [0.5, 0.6) is 0 Å². The van der Waals surface area contributed by atoms with Crippen molar-refractivity contribution in [3.8, 4) is 0 Å². The van der Waals surface area contributed by atoms with Crippen LogP contribution in [-0.4, -0.2) is 29.4 Å². The molecule has 72 valence electrons. The molecule has 0 aromatic rings. The first-order chi connectivity index (χ1) is 6.27. The van der Waals surface area contributed by atoms with E-state index in [2.05, 4.69) is 0 Å². The molecular weight excluding hydrogens is 164 g/mol. The quantitative estimate of drug-likeness (QED) is 0.637. The van der Waals surface area contributed by atoms with Crippen molar-refractivity contribution < 1.29 is 4.79 Å². The van der Waals surface area contributed by atoms with Crippen LogP contribution >= 0.6 is 0 Å². The molecule has 13 heavy (non-hydrogen) atoms. The Balaban J connectivity index is 1.70. The summed E-state index contributed by atoms with van der Waals surface area (Å²) in [5.74, 6) is 1.84. The monoisotopic (exact) mass is 180 g/mol. The minimum atomic E-state index is -0.181. The zero-order chi connectivity index (χ0) is 9.00. The maximum atomic E-state index is 11.5. The van der Waals surface area contributed by atoms with Gasteiger partial charge in [0.2, 0.25) is 5.91 Å². The topological polar surface area (TPSA) is 46.3 Å². The molecule has 1 heterocycles. The molecular formula is C10H16N2O. The lowest BCUT2D eigenvalue weighted by Gasteiger charge is -2.42. The predicted octanol–water partition coefficient (Wildman–Crippen LogP) is 0.344. The lowest BCUT2D eigenvalue weighted by atomic mass is 9.98. The van der Waals surface area contributed by atoms with Crippen LogP contribution in [0.3, 0.4) is 0 Å². The van der Waals surface area contributed by atoms with Gasteiger partial charge >= 0.3 is 0 Å². The van der Waals surface area contributed by atoms with E-state index in [1.807, 2.05) is 4.90 Å². The first-order valence-electron chi connectivity index (χ1n) is 5.33. The van der Waals surface area contributed by atoms with E-state index in [9.17, 15) is 4.79 Å². The van der Waals surface area contributed by atoms with Crippen molar-refractivity contribution in [3.05, 3.63) is 0 Å². The van der Waals surface area contributed by atoms with E-state index in [4.69, 9.17) is 5.73 Å². The van der Waals surface area contributed by atoms with Gasteiger partial charge in [-0.3, -0.25) is 4.79 Å². The number of nitrogens with two attached hydrogens (primary N) is 1. The van der Waals surface area contributed by atoms with Crippen molar-refractivity contribution in [1.29, 1.82) is 0 Å². The van der Waals surface area contributed by atoms with Crippen molar-refractivity contribution in [2.24, 2.45) is 17.6 Å². The number of carbonyl (C=O) groups is 1. The lowest BCUT2D eigenvalue weighted by Crippen LogP contribution is -2.65. The highest BCUT2D eigenvalue weighted by molar-refractivity contribution is 5.88. The fourth-order valence-corrected chi connectivity index (χ4v) is 2.52. The highest BCUT2D eigenvalue weighted by atomic mass is 16.2. The maximum Gasteiger partial charge on any atom is 0.241 e. The van der Waals surface area contributed by atoms with Crippen LogP contribution in [-0.2, 0) is 4.79 Å².